The van der Waals surface area contributed by atoms with Crippen molar-refractivity contribution in [1.29, 1.82) is 0 Å². The number of nitrogens with zero attached hydrogens (tertiary/aromatic N) is 2. The lowest BCUT2D eigenvalue weighted by Crippen LogP contribution is -2.18. The van der Waals surface area contributed by atoms with Crippen LogP contribution in [0, 0.1) is 6.92 Å². The lowest BCUT2D eigenvalue weighted by molar-refractivity contribution is 0.293. The first-order valence-electron chi connectivity index (χ1n) is 9.97. The van der Waals surface area contributed by atoms with Gasteiger partial charge in [-0.2, -0.15) is 5.10 Å². The molecule has 0 aliphatic carbocycles. The minimum atomic E-state index is 0.145. The molecule has 2 aliphatic heterocycles. The first-order chi connectivity index (χ1) is 13.9. The van der Waals surface area contributed by atoms with E-state index in [1.54, 1.807) is 0 Å². The second kappa shape index (κ2) is 7.57. The molecule has 0 fully saturated rings. The van der Waals surface area contributed by atoms with E-state index < -0.39 is 0 Å². The fourth-order valence-electron chi connectivity index (χ4n) is 4.08. The van der Waals surface area contributed by atoms with Gasteiger partial charge in [-0.1, -0.05) is 61.5 Å². The Morgan fingerprint density at radius 2 is 1.93 bits per heavy atom. The van der Waals surface area contributed by atoms with E-state index in [-0.39, 0.29) is 6.04 Å². The first-order valence-corrected chi connectivity index (χ1v) is 10.4. The zero-order valence-electron chi connectivity index (χ0n) is 17.2. The monoisotopic (exact) mass is 403 g/mol. The van der Waals surface area contributed by atoms with E-state index in [9.17, 15) is 0 Å². The number of halogens is 1. The van der Waals surface area contributed by atoms with E-state index in [2.05, 4.69) is 68.5 Å². The first kappa shape index (κ1) is 19.5. The maximum Gasteiger partial charge on any atom is 0.0827 e. The molecule has 0 saturated carbocycles. The number of anilines is 1. The molecule has 2 aromatic rings. The molecule has 3 nitrogen and oxygen atoms in total. The standard InChI is InChI=1S/C25H26ClN3/c1-6-16(3)29-24(19-9-7-15(2)8-10-19)14-23(28-29)25-17(4)21-13-20(26)11-12-22(21)27-18(25)5/h7-13,24,27H,3,5-6,14H2,1-2,4H3. The number of benzene rings is 2. The summed E-state index contributed by atoms with van der Waals surface area (Å²) in [6, 6.07) is 14.7. The van der Waals surface area contributed by atoms with Gasteiger partial charge >= 0.3 is 0 Å². The Balaban J connectivity index is 1.78. The van der Waals surface area contributed by atoms with Gasteiger partial charge in [0.2, 0.25) is 0 Å². The summed E-state index contributed by atoms with van der Waals surface area (Å²) in [5.74, 6) is 0. The third kappa shape index (κ3) is 3.51. The number of hydrazone groups is 1. The predicted molar refractivity (Wildman–Crippen MR) is 124 cm³/mol. The van der Waals surface area contributed by atoms with Crippen molar-refractivity contribution in [3.05, 3.63) is 94.3 Å². The number of aryl methyl sites for hydroxylation is 1. The molecule has 2 heterocycles. The van der Waals surface area contributed by atoms with Crippen molar-refractivity contribution in [3.63, 3.8) is 0 Å². The third-order valence-electron chi connectivity index (χ3n) is 5.74. The number of nitrogens with one attached hydrogen (secondary N) is 1. The van der Waals surface area contributed by atoms with Crippen LogP contribution in [0.25, 0.3) is 5.57 Å². The SMILES string of the molecule is C=C1Nc2ccc(Cl)cc2C(C)=C1C1=NN(C(=C)CC)C(c2ccc(C)cc2)C1. The largest absolute Gasteiger partial charge is 0.355 e. The van der Waals surface area contributed by atoms with E-state index >= 15 is 0 Å². The molecule has 0 radical (unpaired) electrons. The van der Waals surface area contributed by atoms with E-state index in [4.69, 9.17) is 16.7 Å². The summed E-state index contributed by atoms with van der Waals surface area (Å²) >= 11 is 6.26. The van der Waals surface area contributed by atoms with Crippen LogP contribution in [-0.2, 0) is 0 Å². The van der Waals surface area contributed by atoms with Gasteiger partial charge in [-0.25, -0.2) is 0 Å². The van der Waals surface area contributed by atoms with Crippen LogP contribution in [0.15, 0.2) is 77.7 Å². The zero-order valence-corrected chi connectivity index (χ0v) is 18.0. The van der Waals surface area contributed by atoms with Crippen molar-refractivity contribution in [2.45, 2.75) is 39.7 Å². The molecular formula is C25H26ClN3. The van der Waals surface area contributed by atoms with Crippen molar-refractivity contribution >= 4 is 28.6 Å². The van der Waals surface area contributed by atoms with Crippen LogP contribution in [0.4, 0.5) is 5.69 Å². The molecule has 1 unspecified atom stereocenters. The summed E-state index contributed by atoms with van der Waals surface area (Å²) in [6.45, 7) is 14.9. The second-order valence-corrected chi connectivity index (χ2v) is 8.17. The Labute approximate surface area is 178 Å². The fraction of sp³-hybridized carbons (Fsp3) is 0.240. The Bertz CT molecular complexity index is 1060. The number of fused-ring (bicyclic) bond motifs is 1. The highest BCUT2D eigenvalue weighted by Crippen LogP contribution is 2.42. The molecule has 0 bridgehead atoms. The molecule has 2 aliphatic rings. The highest BCUT2D eigenvalue weighted by Gasteiger charge is 2.33. The van der Waals surface area contributed by atoms with Crippen LogP contribution >= 0.6 is 11.6 Å². The third-order valence-corrected chi connectivity index (χ3v) is 5.98. The Morgan fingerprint density at radius 3 is 2.62 bits per heavy atom. The summed E-state index contributed by atoms with van der Waals surface area (Å²) in [5, 5.41) is 11.3. The Kier molecular flexibility index (Phi) is 5.10. The molecular weight excluding hydrogens is 378 g/mol. The van der Waals surface area contributed by atoms with Crippen LogP contribution in [0.5, 0.6) is 0 Å². The lowest BCUT2D eigenvalue weighted by atomic mass is 9.88. The predicted octanol–water partition coefficient (Wildman–Crippen LogP) is 7.09. The summed E-state index contributed by atoms with van der Waals surface area (Å²) in [6.07, 6.45) is 1.67. The maximum absolute atomic E-state index is 6.26. The molecule has 1 atom stereocenters. The normalized spacial score (nSPS) is 18.5. The van der Waals surface area contributed by atoms with Crippen molar-refractivity contribution in [1.82, 2.24) is 5.01 Å². The fourth-order valence-corrected chi connectivity index (χ4v) is 4.25. The van der Waals surface area contributed by atoms with E-state index in [0.29, 0.717) is 0 Å². The number of allylic oxidation sites excluding steroid dienone is 3. The zero-order chi connectivity index (χ0) is 20.7. The molecule has 1 N–H and O–H groups in total. The van der Waals surface area contributed by atoms with Crippen LogP contribution < -0.4 is 5.32 Å². The molecule has 0 saturated heterocycles. The van der Waals surface area contributed by atoms with Crippen LogP contribution in [0.3, 0.4) is 0 Å². The van der Waals surface area contributed by atoms with Gasteiger partial charge in [0.1, 0.15) is 0 Å². The number of hydrogen-bond acceptors (Lipinski definition) is 3. The highest BCUT2D eigenvalue weighted by molar-refractivity contribution is 6.31. The maximum atomic E-state index is 6.26. The summed E-state index contributed by atoms with van der Waals surface area (Å²) in [5.41, 5.74) is 9.78. The minimum absolute atomic E-state index is 0.145. The quantitative estimate of drug-likeness (QED) is 0.590. The van der Waals surface area contributed by atoms with Crippen molar-refractivity contribution < 1.29 is 0 Å². The van der Waals surface area contributed by atoms with Gasteiger partial charge in [0, 0.05) is 39.7 Å². The minimum Gasteiger partial charge on any atom is -0.355 e. The molecule has 4 rings (SSSR count). The highest BCUT2D eigenvalue weighted by atomic mass is 35.5. The van der Waals surface area contributed by atoms with Gasteiger partial charge in [-0.05, 0) is 49.6 Å². The molecule has 2 aromatic carbocycles. The summed E-state index contributed by atoms with van der Waals surface area (Å²) in [7, 11) is 0. The van der Waals surface area contributed by atoms with E-state index in [0.717, 1.165) is 57.4 Å². The average molecular weight is 404 g/mol. The molecule has 0 spiro atoms. The lowest BCUT2D eigenvalue weighted by Gasteiger charge is -2.25. The number of hydrogen-bond donors (Lipinski definition) is 1. The van der Waals surface area contributed by atoms with Crippen LogP contribution in [0.2, 0.25) is 5.02 Å². The topological polar surface area (TPSA) is 27.6 Å². The van der Waals surface area contributed by atoms with Gasteiger partial charge in [0.05, 0.1) is 11.8 Å². The van der Waals surface area contributed by atoms with Gasteiger partial charge in [0.15, 0.2) is 0 Å². The number of rotatable bonds is 4. The van der Waals surface area contributed by atoms with E-state index in [1.165, 1.54) is 11.1 Å². The second-order valence-electron chi connectivity index (χ2n) is 7.74. The molecule has 29 heavy (non-hydrogen) atoms. The molecule has 148 valence electrons. The van der Waals surface area contributed by atoms with Crippen LogP contribution in [-0.4, -0.2) is 10.7 Å². The molecule has 0 aromatic heterocycles. The Hall–Kier alpha value is -2.78. The van der Waals surface area contributed by atoms with Crippen molar-refractivity contribution in [3.8, 4) is 0 Å². The van der Waals surface area contributed by atoms with Gasteiger partial charge in [0.25, 0.3) is 0 Å². The van der Waals surface area contributed by atoms with Gasteiger partial charge < -0.3 is 5.32 Å². The van der Waals surface area contributed by atoms with Crippen LogP contribution in [0.1, 0.15) is 49.4 Å². The van der Waals surface area contributed by atoms with Gasteiger partial charge in [-0.15, -0.1) is 0 Å². The smallest absolute Gasteiger partial charge is 0.0827 e. The van der Waals surface area contributed by atoms with Crippen molar-refractivity contribution in [2.75, 3.05) is 5.32 Å². The van der Waals surface area contributed by atoms with Crippen molar-refractivity contribution in [2.24, 2.45) is 5.10 Å². The summed E-state index contributed by atoms with van der Waals surface area (Å²) in [4.78, 5) is 0. The molecule has 0 amide bonds. The summed E-state index contributed by atoms with van der Waals surface area (Å²) < 4.78 is 0. The van der Waals surface area contributed by atoms with E-state index in [1.807, 2.05) is 18.2 Å². The average Bonchev–Trinajstić information content (AvgIpc) is 3.13. The Morgan fingerprint density at radius 1 is 1.21 bits per heavy atom. The van der Waals surface area contributed by atoms with Gasteiger partial charge in [-0.3, -0.25) is 5.01 Å². The molecule has 4 heteroatoms.